The van der Waals surface area contributed by atoms with Crippen LogP contribution in [0.15, 0.2) is 66.7 Å². The van der Waals surface area contributed by atoms with Crippen molar-refractivity contribution >= 4 is 29.0 Å². The number of ketones is 1. The summed E-state index contributed by atoms with van der Waals surface area (Å²) < 4.78 is 10.8. The van der Waals surface area contributed by atoms with Gasteiger partial charge in [-0.1, -0.05) is 24.3 Å². The number of nitrogens with zero attached hydrogens (tertiary/aromatic N) is 1. The number of esters is 1. The van der Waals surface area contributed by atoms with Crippen LogP contribution in [0.3, 0.4) is 0 Å². The number of ether oxygens (including phenoxy) is 2. The molecule has 9 heteroatoms. The van der Waals surface area contributed by atoms with E-state index in [0.29, 0.717) is 11.4 Å². The number of aryl methyl sites for hydroxylation is 2. The maximum atomic E-state index is 12.2. The number of nitro groups is 1. The third kappa shape index (κ3) is 7.76. The molecule has 0 heterocycles. The molecule has 3 aromatic rings. The molecule has 0 saturated carbocycles. The summed E-state index contributed by atoms with van der Waals surface area (Å²) in [6.45, 7) is 3.43. The minimum Gasteiger partial charge on any atom is -0.457 e. The van der Waals surface area contributed by atoms with Gasteiger partial charge in [0, 0.05) is 36.2 Å². The zero-order chi connectivity index (χ0) is 26.1. The Balaban J connectivity index is 1.38. The fourth-order valence-corrected chi connectivity index (χ4v) is 3.26. The number of non-ortho nitro benzene ring substituents is 1. The third-order valence-corrected chi connectivity index (χ3v) is 5.24. The molecule has 186 valence electrons. The zero-order valence-electron chi connectivity index (χ0n) is 20.0. The van der Waals surface area contributed by atoms with E-state index >= 15 is 0 Å². The van der Waals surface area contributed by atoms with Crippen LogP contribution < -0.4 is 10.1 Å². The molecule has 0 atom stereocenters. The van der Waals surface area contributed by atoms with E-state index in [2.05, 4.69) is 5.32 Å². The Bertz CT molecular complexity index is 1270. The van der Waals surface area contributed by atoms with Crippen molar-refractivity contribution < 1.29 is 28.8 Å². The molecule has 0 spiro atoms. The molecule has 0 saturated heterocycles. The van der Waals surface area contributed by atoms with Crippen LogP contribution in [-0.4, -0.2) is 29.2 Å². The van der Waals surface area contributed by atoms with E-state index in [-0.39, 0.29) is 36.4 Å². The second-order valence-corrected chi connectivity index (χ2v) is 8.19. The average Bonchev–Trinajstić information content (AvgIpc) is 2.86. The summed E-state index contributed by atoms with van der Waals surface area (Å²) in [7, 11) is 0. The standard InChI is InChI=1S/C27H26N2O7/c1-18-9-10-19(2)25(15-18)36-23-13-11-21(12-14-23)28-26(31)7-4-8-27(32)35-17-24(30)20-5-3-6-22(16-20)29(33)34/h3,5-6,9-16H,4,7-8,17H2,1-2H3,(H,28,31). The predicted octanol–water partition coefficient (Wildman–Crippen LogP) is 5.54. The first-order valence-corrected chi connectivity index (χ1v) is 11.3. The fraction of sp³-hybridized carbons (Fsp3) is 0.222. The monoisotopic (exact) mass is 490 g/mol. The van der Waals surface area contributed by atoms with Crippen LogP contribution in [0.5, 0.6) is 11.5 Å². The Kier molecular flexibility index (Phi) is 8.88. The van der Waals surface area contributed by atoms with Gasteiger partial charge >= 0.3 is 5.97 Å². The molecule has 0 aliphatic rings. The molecule has 0 radical (unpaired) electrons. The van der Waals surface area contributed by atoms with Crippen molar-refractivity contribution in [3.05, 3.63) is 93.5 Å². The topological polar surface area (TPSA) is 125 Å². The molecule has 3 aromatic carbocycles. The van der Waals surface area contributed by atoms with Gasteiger partial charge in [-0.3, -0.25) is 24.5 Å². The minimum absolute atomic E-state index is 0.0434. The maximum absolute atomic E-state index is 12.2. The molecule has 1 amide bonds. The van der Waals surface area contributed by atoms with E-state index in [1.807, 2.05) is 32.0 Å². The van der Waals surface area contributed by atoms with Crippen LogP contribution >= 0.6 is 0 Å². The molecule has 0 aliphatic heterocycles. The normalized spacial score (nSPS) is 10.4. The van der Waals surface area contributed by atoms with Crippen molar-refractivity contribution in [3.63, 3.8) is 0 Å². The van der Waals surface area contributed by atoms with Gasteiger partial charge in [0.25, 0.3) is 5.69 Å². The smallest absolute Gasteiger partial charge is 0.306 e. The van der Waals surface area contributed by atoms with Crippen molar-refractivity contribution in [1.82, 2.24) is 0 Å². The summed E-state index contributed by atoms with van der Waals surface area (Å²) in [6.07, 6.45) is 0.288. The Morgan fingerprint density at radius 2 is 1.69 bits per heavy atom. The number of Topliss-reactive ketones (excluding diaryl/α,β-unsaturated/α-hetero) is 1. The minimum atomic E-state index is -0.630. The van der Waals surface area contributed by atoms with Crippen LogP contribution in [0.1, 0.15) is 40.7 Å². The van der Waals surface area contributed by atoms with Gasteiger partial charge in [-0.05, 0) is 61.7 Å². The van der Waals surface area contributed by atoms with Gasteiger partial charge in [-0.25, -0.2) is 0 Å². The van der Waals surface area contributed by atoms with E-state index in [4.69, 9.17) is 9.47 Å². The number of nitrogens with one attached hydrogen (secondary N) is 1. The molecule has 9 nitrogen and oxygen atoms in total. The van der Waals surface area contributed by atoms with Crippen LogP contribution in [-0.2, 0) is 14.3 Å². The molecule has 0 fully saturated rings. The third-order valence-electron chi connectivity index (χ3n) is 5.24. The summed E-state index contributed by atoms with van der Waals surface area (Å²) in [6, 6.07) is 18.1. The van der Waals surface area contributed by atoms with Crippen molar-refractivity contribution in [1.29, 1.82) is 0 Å². The van der Waals surface area contributed by atoms with Gasteiger partial charge in [-0.2, -0.15) is 0 Å². The first-order valence-electron chi connectivity index (χ1n) is 11.3. The van der Waals surface area contributed by atoms with Gasteiger partial charge in [0.1, 0.15) is 11.5 Å². The summed E-state index contributed by atoms with van der Waals surface area (Å²) in [5.41, 5.74) is 2.57. The highest BCUT2D eigenvalue weighted by atomic mass is 16.6. The Morgan fingerprint density at radius 1 is 0.944 bits per heavy atom. The van der Waals surface area contributed by atoms with Crippen LogP contribution in [0.4, 0.5) is 11.4 Å². The Labute approximate surface area is 208 Å². The number of nitro benzene ring substituents is 1. The second kappa shape index (κ2) is 12.3. The number of hydrogen-bond acceptors (Lipinski definition) is 7. The van der Waals surface area contributed by atoms with Crippen molar-refractivity contribution in [3.8, 4) is 11.5 Å². The molecule has 0 aliphatic carbocycles. The predicted molar refractivity (Wildman–Crippen MR) is 133 cm³/mol. The number of anilines is 1. The van der Waals surface area contributed by atoms with Crippen LogP contribution in [0, 0.1) is 24.0 Å². The highest BCUT2D eigenvalue weighted by molar-refractivity contribution is 5.98. The van der Waals surface area contributed by atoms with Gasteiger partial charge in [0.2, 0.25) is 11.7 Å². The van der Waals surface area contributed by atoms with Gasteiger partial charge in [0.15, 0.2) is 6.61 Å². The first kappa shape index (κ1) is 26.1. The van der Waals surface area contributed by atoms with Crippen LogP contribution in [0.2, 0.25) is 0 Å². The number of carbonyl (C=O) groups excluding carboxylic acids is 3. The van der Waals surface area contributed by atoms with E-state index in [9.17, 15) is 24.5 Å². The van der Waals surface area contributed by atoms with E-state index in [0.717, 1.165) is 22.9 Å². The van der Waals surface area contributed by atoms with E-state index < -0.39 is 23.3 Å². The summed E-state index contributed by atoms with van der Waals surface area (Å²) >= 11 is 0. The summed E-state index contributed by atoms with van der Waals surface area (Å²) in [5.74, 6) is -0.0301. The lowest BCUT2D eigenvalue weighted by molar-refractivity contribution is -0.384. The number of amides is 1. The van der Waals surface area contributed by atoms with Crippen molar-refractivity contribution in [2.45, 2.75) is 33.1 Å². The molecule has 36 heavy (non-hydrogen) atoms. The SMILES string of the molecule is Cc1ccc(C)c(Oc2ccc(NC(=O)CCCC(=O)OCC(=O)c3cccc([N+](=O)[O-])c3)cc2)c1. The number of carbonyl (C=O) groups is 3. The van der Waals surface area contributed by atoms with Gasteiger partial charge in [0.05, 0.1) is 4.92 Å². The van der Waals surface area contributed by atoms with E-state index in [1.54, 1.807) is 24.3 Å². The maximum Gasteiger partial charge on any atom is 0.306 e. The highest BCUT2D eigenvalue weighted by Gasteiger charge is 2.14. The molecule has 0 aromatic heterocycles. The largest absolute Gasteiger partial charge is 0.457 e. The highest BCUT2D eigenvalue weighted by Crippen LogP contribution is 2.27. The zero-order valence-corrected chi connectivity index (χ0v) is 20.0. The summed E-state index contributed by atoms with van der Waals surface area (Å²) in [4.78, 5) is 46.4. The molecule has 3 rings (SSSR count). The lowest BCUT2D eigenvalue weighted by Gasteiger charge is -2.11. The number of hydrogen-bond donors (Lipinski definition) is 1. The van der Waals surface area contributed by atoms with E-state index in [1.165, 1.54) is 18.2 Å². The molecular weight excluding hydrogens is 464 g/mol. The Morgan fingerprint density at radius 3 is 2.42 bits per heavy atom. The molecule has 1 N–H and O–H groups in total. The first-order chi connectivity index (χ1) is 17.2. The lowest BCUT2D eigenvalue weighted by Crippen LogP contribution is -2.15. The average molecular weight is 491 g/mol. The van der Waals surface area contributed by atoms with Crippen molar-refractivity contribution in [2.75, 3.05) is 11.9 Å². The molecule has 0 unspecified atom stereocenters. The quantitative estimate of drug-likeness (QED) is 0.162. The summed E-state index contributed by atoms with van der Waals surface area (Å²) in [5, 5.41) is 13.6. The van der Waals surface area contributed by atoms with Crippen molar-refractivity contribution in [2.24, 2.45) is 0 Å². The number of benzene rings is 3. The van der Waals surface area contributed by atoms with Gasteiger partial charge < -0.3 is 14.8 Å². The Hall–Kier alpha value is -4.53. The molecule has 0 bridgehead atoms. The molecular formula is C27H26N2O7. The second-order valence-electron chi connectivity index (χ2n) is 8.19. The lowest BCUT2D eigenvalue weighted by atomic mass is 10.1. The number of rotatable bonds is 11. The van der Waals surface area contributed by atoms with Crippen LogP contribution in [0.25, 0.3) is 0 Å². The fourth-order valence-electron chi connectivity index (χ4n) is 3.26. The van der Waals surface area contributed by atoms with Gasteiger partial charge in [-0.15, -0.1) is 0 Å².